The highest BCUT2D eigenvalue weighted by molar-refractivity contribution is 6.00. The summed E-state index contributed by atoms with van der Waals surface area (Å²) in [5, 5.41) is 0. The fraction of sp³-hybridized carbons (Fsp3) is 0.545. The van der Waals surface area contributed by atoms with Crippen molar-refractivity contribution in [3.05, 3.63) is 23.2 Å². The Balaban J connectivity index is 2.16. The van der Waals surface area contributed by atoms with Gasteiger partial charge in [0.2, 0.25) is 0 Å². The van der Waals surface area contributed by atoms with Crippen LogP contribution >= 0.6 is 0 Å². The van der Waals surface area contributed by atoms with Crippen molar-refractivity contribution in [3.8, 4) is 0 Å². The second-order valence-corrected chi connectivity index (χ2v) is 3.63. The van der Waals surface area contributed by atoms with Gasteiger partial charge in [-0.3, -0.25) is 4.79 Å². The molecule has 0 amide bonds. The maximum atomic E-state index is 12.0. The zero-order valence-corrected chi connectivity index (χ0v) is 8.91. The summed E-state index contributed by atoms with van der Waals surface area (Å²) in [5.41, 5.74) is 0.600. The number of ketones is 1. The molecule has 1 atom stereocenters. The van der Waals surface area contributed by atoms with E-state index in [4.69, 9.17) is 13.9 Å². The van der Waals surface area contributed by atoms with Crippen molar-refractivity contribution in [1.82, 2.24) is 0 Å². The molecule has 0 bridgehead atoms. The molecule has 2 heterocycles. The van der Waals surface area contributed by atoms with Crippen molar-refractivity contribution >= 4 is 5.78 Å². The minimum absolute atomic E-state index is 0.0518. The first kappa shape index (κ1) is 10.4. The second kappa shape index (κ2) is 4.16. The van der Waals surface area contributed by atoms with Gasteiger partial charge in [-0.25, -0.2) is 0 Å². The molecule has 2 rings (SSSR count). The van der Waals surface area contributed by atoms with Gasteiger partial charge in [-0.05, 0) is 19.9 Å². The fourth-order valence-corrected chi connectivity index (χ4v) is 1.69. The molecule has 1 aliphatic heterocycles. The molecule has 15 heavy (non-hydrogen) atoms. The number of furan rings is 1. The summed E-state index contributed by atoms with van der Waals surface area (Å²) < 4.78 is 15.8. The Morgan fingerprint density at radius 3 is 2.73 bits per heavy atom. The van der Waals surface area contributed by atoms with Gasteiger partial charge < -0.3 is 13.9 Å². The summed E-state index contributed by atoms with van der Waals surface area (Å²) in [5.74, 6) is 1.34. The SMILES string of the molecule is Cc1cc(C(=O)C2COCCO2)c(C)o1. The third kappa shape index (κ3) is 2.11. The smallest absolute Gasteiger partial charge is 0.197 e. The molecular formula is C11H14O4. The number of ether oxygens (including phenoxy) is 2. The van der Waals surface area contributed by atoms with Crippen LogP contribution in [0.15, 0.2) is 10.5 Å². The first-order valence-corrected chi connectivity index (χ1v) is 4.99. The van der Waals surface area contributed by atoms with E-state index >= 15 is 0 Å². The predicted octanol–water partition coefficient (Wildman–Crippen LogP) is 1.49. The van der Waals surface area contributed by atoms with Gasteiger partial charge in [-0.1, -0.05) is 0 Å². The third-order valence-electron chi connectivity index (χ3n) is 2.41. The molecule has 0 radical (unpaired) electrons. The van der Waals surface area contributed by atoms with Crippen LogP contribution < -0.4 is 0 Å². The number of carbonyl (C=O) groups is 1. The number of Topliss-reactive ketones (excluding diaryl/α,β-unsaturated/α-hetero) is 1. The van der Waals surface area contributed by atoms with E-state index in [1.54, 1.807) is 13.0 Å². The van der Waals surface area contributed by atoms with Crippen LogP contribution in [0.4, 0.5) is 0 Å². The van der Waals surface area contributed by atoms with Gasteiger partial charge in [0.15, 0.2) is 5.78 Å². The van der Waals surface area contributed by atoms with Crippen LogP contribution in [0.3, 0.4) is 0 Å². The Kier molecular flexibility index (Phi) is 2.88. The van der Waals surface area contributed by atoms with Crippen LogP contribution in [0.25, 0.3) is 0 Å². The molecule has 1 aromatic heterocycles. The molecule has 0 saturated carbocycles. The zero-order chi connectivity index (χ0) is 10.8. The molecule has 4 nitrogen and oxygen atoms in total. The van der Waals surface area contributed by atoms with Gasteiger partial charge >= 0.3 is 0 Å². The first-order chi connectivity index (χ1) is 7.18. The molecule has 0 N–H and O–H groups in total. The molecule has 1 unspecified atom stereocenters. The molecule has 4 heteroatoms. The van der Waals surface area contributed by atoms with Gasteiger partial charge in [0.25, 0.3) is 0 Å². The number of aryl methyl sites for hydroxylation is 2. The molecule has 82 valence electrons. The van der Waals surface area contributed by atoms with Crippen molar-refractivity contribution < 1.29 is 18.7 Å². The maximum Gasteiger partial charge on any atom is 0.197 e. The highest BCUT2D eigenvalue weighted by Gasteiger charge is 2.26. The number of carbonyl (C=O) groups excluding carboxylic acids is 1. The van der Waals surface area contributed by atoms with Gasteiger partial charge in [-0.15, -0.1) is 0 Å². The summed E-state index contributed by atoms with van der Waals surface area (Å²) in [7, 11) is 0. The van der Waals surface area contributed by atoms with Gasteiger partial charge in [0, 0.05) is 0 Å². The van der Waals surface area contributed by atoms with E-state index in [1.807, 2.05) is 6.92 Å². The summed E-state index contributed by atoms with van der Waals surface area (Å²) in [6.45, 7) is 4.98. The first-order valence-electron chi connectivity index (χ1n) is 4.99. The number of hydrogen-bond donors (Lipinski definition) is 0. The van der Waals surface area contributed by atoms with Crippen LogP contribution in [0.2, 0.25) is 0 Å². The molecule has 0 spiro atoms. The summed E-state index contributed by atoms with van der Waals surface area (Å²) >= 11 is 0. The van der Waals surface area contributed by atoms with Crippen molar-refractivity contribution in [2.75, 3.05) is 19.8 Å². The van der Waals surface area contributed by atoms with Gasteiger partial charge in [-0.2, -0.15) is 0 Å². The van der Waals surface area contributed by atoms with Crippen molar-refractivity contribution in [2.45, 2.75) is 20.0 Å². The van der Waals surface area contributed by atoms with Crippen LogP contribution in [-0.4, -0.2) is 31.7 Å². The monoisotopic (exact) mass is 210 g/mol. The lowest BCUT2D eigenvalue weighted by Crippen LogP contribution is -2.35. The molecule has 1 aliphatic rings. The van der Waals surface area contributed by atoms with Gasteiger partial charge in [0.1, 0.15) is 17.6 Å². The van der Waals surface area contributed by atoms with E-state index in [2.05, 4.69) is 0 Å². The second-order valence-electron chi connectivity index (χ2n) is 3.63. The van der Waals surface area contributed by atoms with Crippen molar-refractivity contribution in [2.24, 2.45) is 0 Å². The highest BCUT2D eigenvalue weighted by atomic mass is 16.6. The van der Waals surface area contributed by atoms with E-state index < -0.39 is 6.10 Å². The lowest BCUT2D eigenvalue weighted by molar-refractivity contribution is -0.0719. The van der Waals surface area contributed by atoms with Gasteiger partial charge in [0.05, 0.1) is 25.4 Å². The average molecular weight is 210 g/mol. The standard InChI is InChI=1S/C11H14O4/c1-7-5-9(8(2)15-7)11(12)10-6-13-3-4-14-10/h5,10H,3-4,6H2,1-2H3. The van der Waals surface area contributed by atoms with Crippen molar-refractivity contribution in [1.29, 1.82) is 0 Å². The number of rotatable bonds is 2. The van der Waals surface area contributed by atoms with Crippen LogP contribution in [0, 0.1) is 13.8 Å². The largest absolute Gasteiger partial charge is 0.466 e. The molecule has 1 aromatic rings. The Morgan fingerprint density at radius 1 is 1.40 bits per heavy atom. The fourth-order valence-electron chi connectivity index (χ4n) is 1.69. The van der Waals surface area contributed by atoms with E-state index in [-0.39, 0.29) is 5.78 Å². The number of hydrogen-bond acceptors (Lipinski definition) is 4. The summed E-state index contributed by atoms with van der Waals surface area (Å²) in [6, 6.07) is 1.75. The van der Waals surface area contributed by atoms with E-state index in [1.165, 1.54) is 0 Å². The van der Waals surface area contributed by atoms with E-state index in [0.717, 1.165) is 5.76 Å². The zero-order valence-electron chi connectivity index (χ0n) is 8.91. The normalized spacial score (nSPS) is 21.6. The predicted molar refractivity (Wildman–Crippen MR) is 53.1 cm³/mol. The Hall–Kier alpha value is -1.13. The van der Waals surface area contributed by atoms with Crippen LogP contribution in [0.5, 0.6) is 0 Å². The molecule has 1 fully saturated rings. The van der Waals surface area contributed by atoms with Crippen LogP contribution in [-0.2, 0) is 9.47 Å². The maximum absolute atomic E-state index is 12.0. The Bertz CT molecular complexity index is 361. The summed E-state index contributed by atoms with van der Waals surface area (Å²) in [4.78, 5) is 12.0. The minimum atomic E-state index is -0.477. The topological polar surface area (TPSA) is 48.7 Å². The molecule has 0 aliphatic carbocycles. The Morgan fingerprint density at radius 2 is 2.20 bits per heavy atom. The average Bonchev–Trinajstić information content (AvgIpc) is 2.58. The third-order valence-corrected chi connectivity index (χ3v) is 2.41. The van der Waals surface area contributed by atoms with Crippen LogP contribution in [0.1, 0.15) is 21.9 Å². The lowest BCUT2D eigenvalue weighted by atomic mass is 10.1. The lowest BCUT2D eigenvalue weighted by Gasteiger charge is -2.21. The molecule has 0 aromatic carbocycles. The highest BCUT2D eigenvalue weighted by Crippen LogP contribution is 2.17. The Labute approximate surface area is 88.2 Å². The quantitative estimate of drug-likeness (QED) is 0.694. The minimum Gasteiger partial charge on any atom is -0.466 e. The molecule has 1 saturated heterocycles. The molecular weight excluding hydrogens is 196 g/mol. The van der Waals surface area contributed by atoms with E-state index in [9.17, 15) is 4.79 Å². The van der Waals surface area contributed by atoms with Crippen molar-refractivity contribution in [3.63, 3.8) is 0 Å². The summed E-state index contributed by atoms with van der Waals surface area (Å²) in [6.07, 6.45) is -0.477. The van der Waals surface area contributed by atoms with E-state index in [0.29, 0.717) is 31.1 Å².